The van der Waals surface area contributed by atoms with E-state index in [1.165, 1.54) is 13.3 Å². The third-order valence-corrected chi connectivity index (χ3v) is 7.94. The summed E-state index contributed by atoms with van der Waals surface area (Å²) in [4.78, 5) is 41.0. The first-order chi connectivity index (χ1) is 19.5. The molecule has 6 heterocycles. The Hall–Kier alpha value is -4.93. The molecule has 2 N–H and O–H groups in total. The van der Waals surface area contributed by atoms with E-state index in [-0.39, 0.29) is 35.6 Å². The molecule has 0 spiro atoms. The molecular formula is C29H27N9O2. The Labute approximate surface area is 229 Å². The first-order valence-corrected chi connectivity index (χ1v) is 13.4. The molecular weight excluding hydrogens is 506 g/mol. The van der Waals surface area contributed by atoms with Gasteiger partial charge in [-0.05, 0) is 31.7 Å². The molecule has 200 valence electrons. The average Bonchev–Trinajstić information content (AvgIpc) is 3.71. The maximum absolute atomic E-state index is 13.1. The minimum absolute atomic E-state index is 0.0997. The van der Waals surface area contributed by atoms with Crippen molar-refractivity contribution in [3.8, 4) is 22.4 Å². The molecule has 2 bridgehead atoms. The minimum Gasteiger partial charge on any atom is -0.330 e. The van der Waals surface area contributed by atoms with Gasteiger partial charge in [-0.3, -0.25) is 19.7 Å². The van der Waals surface area contributed by atoms with Crippen LogP contribution in [-0.2, 0) is 4.79 Å². The molecule has 5 aromatic rings. The molecule has 2 atom stereocenters. The highest BCUT2D eigenvalue weighted by molar-refractivity contribution is 5.91. The quantitative estimate of drug-likeness (QED) is 0.348. The van der Waals surface area contributed by atoms with Crippen LogP contribution in [0.15, 0.2) is 67.3 Å². The van der Waals surface area contributed by atoms with Crippen molar-refractivity contribution in [3.05, 3.63) is 78.8 Å². The van der Waals surface area contributed by atoms with Crippen LogP contribution >= 0.6 is 0 Å². The summed E-state index contributed by atoms with van der Waals surface area (Å²) in [5.41, 5.74) is 5.20. The van der Waals surface area contributed by atoms with E-state index in [4.69, 9.17) is 4.98 Å². The van der Waals surface area contributed by atoms with Crippen molar-refractivity contribution >= 4 is 23.3 Å². The normalized spacial score (nSPS) is 20.1. The monoisotopic (exact) mass is 533 g/mol. The van der Waals surface area contributed by atoms with Gasteiger partial charge in [0.05, 0.1) is 11.9 Å². The lowest BCUT2D eigenvalue weighted by Gasteiger charge is -2.38. The summed E-state index contributed by atoms with van der Waals surface area (Å²) in [5.74, 6) is 0.695. The predicted molar refractivity (Wildman–Crippen MR) is 147 cm³/mol. The van der Waals surface area contributed by atoms with Gasteiger partial charge >= 0.3 is 0 Å². The number of benzene rings is 1. The molecule has 4 aromatic heterocycles. The van der Waals surface area contributed by atoms with E-state index in [1.54, 1.807) is 10.7 Å². The first kappa shape index (κ1) is 24.1. The number of pyridine rings is 1. The molecule has 2 fully saturated rings. The molecule has 11 nitrogen and oxygen atoms in total. The number of nitrogens with one attached hydrogen (secondary N) is 2. The first-order valence-electron chi connectivity index (χ1n) is 13.4. The van der Waals surface area contributed by atoms with E-state index < -0.39 is 0 Å². The van der Waals surface area contributed by atoms with Gasteiger partial charge in [0.2, 0.25) is 11.7 Å². The number of piperidine rings is 1. The molecule has 0 saturated carbocycles. The van der Waals surface area contributed by atoms with Crippen molar-refractivity contribution in [2.45, 2.75) is 50.6 Å². The number of rotatable bonds is 5. The Kier molecular flexibility index (Phi) is 5.84. The Morgan fingerprint density at radius 1 is 0.975 bits per heavy atom. The lowest BCUT2D eigenvalue weighted by Crippen LogP contribution is -2.46. The van der Waals surface area contributed by atoms with Crippen molar-refractivity contribution < 1.29 is 9.59 Å². The van der Waals surface area contributed by atoms with Crippen LogP contribution in [0.3, 0.4) is 0 Å². The Bertz CT molecular complexity index is 1680. The van der Waals surface area contributed by atoms with Gasteiger partial charge in [0, 0.05) is 59.6 Å². The number of anilines is 1. The largest absolute Gasteiger partial charge is 0.330 e. The van der Waals surface area contributed by atoms with Crippen LogP contribution < -0.4 is 5.32 Å². The zero-order valence-electron chi connectivity index (χ0n) is 21.9. The van der Waals surface area contributed by atoms with E-state index in [0.717, 1.165) is 53.8 Å². The van der Waals surface area contributed by atoms with E-state index in [1.807, 2.05) is 59.6 Å². The Morgan fingerprint density at radius 3 is 2.45 bits per heavy atom. The molecule has 7 rings (SSSR count). The summed E-state index contributed by atoms with van der Waals surface area (Å²) >= 11 is 0. The van der Waals surface area contributed by atoms with Gasteiger partial charge in [-0.25, -0.2) is 9.97 Å². The smallest absolute Gasteiger partial charge is 0.291 e. The lowest BCUT2D eigenvalue weighted by atomic mass is 9.87. The number of H-pyrrole nitrogens is 1. The van der Waals surface area contributed by atoms with Gasteiger partial charge in [0.1, 0.15) is 12.1 Å². The van der Waals surface area contributed by atoms with Crippen molar-refractivity contribution in [1.82, 2.24) is 39.7 Å². The van der Waals surface area contributed by atoms with Crippen LogP contribution in [-0.4, -0.2) is 63.6 Å². The summed E-state index contributed by atoms with van der Waals surface area (Å²) in [7, 11) is 0. The van der Waals surface area contributed by atoms with Crippen molar-refractivity contribution in [1.29, 1.82) is 0 Å². The van der Waals surface area contributed by atoms with Gasteiger partial charge in [0.15, 0.2) is 5.65 Å². The maximum Gasteiger partial charge on any atom is 0.291 e. The van der Waals surface area contributed by atoms with E-state index >= 15 is 0 Å². The molecule has 0 aliphatic carbocycles. The average molecular weight is 534 g/mol. The molecule has 1 aromatic carbocycles. The third kappa shape index (κ3) is 4.19. The fourth-order valence-electron chi connectivity index (χ4n) is 6.18. The molecule has 2 saturated heterocycles. The van der Waals surface area contributed by atoms with E-state index in [0.29, 0.717) is 11.5 Å². The van der Waals surface area contributed by atoms with Crippen molar-refractivity contribution in [3.63, 3.8) is 0 Å². The van der Waals surface area contributed by atoms with Crippen LogP contribution in [0.1, 0.15) is 54.8 Å². The number of amides is 2. The van der Waals surface area contributed by atoms with Gasteiger partial charge in [-0.2, -0.15) is 14.7 Å². The standard InChI is InChI=1S/C29H27N9O2/c1-17(39)34-26-13-25(20-11-21-8-9-22(12-20)37(21)29(40)27-31-16-32-36-27)35-28-23(15-33-38(26)28)19-7-10-24(30-14-19)18-5-3-2-4-6-18/h2-7,10,13-16,20-22H,8-9,11-12H2,1H3,(H,34,39)(H,31,32,36)/t21-,22-/m1/s1. The summed E-state index contributed by atoms with van der Waals surface area (Å²) in [6.07, 6.45) is 8.42. The second-order valence-electron chi connectivity index (χ2n) is 10.4. The van der Waals surface area contributed by atoms with Crippen molar-refractivity contribution in [2.24, 2.45) is 0 Å². The van der Waals surface area contributed by atoms with Crippen LogP contribution in [0.2, 0.25) is 0 Å². The van der Waals surface area contributed by atoms with Gasteiger partial charge in [0.25, 0.3) is 5.91 Å². The number of nitrogens with zero attached hydrogens (tertiary/aromatic N) is 7. The summed E-state index contributed by atoms with van der Waals surface area (Å²) in [5, 5.41) is 14.0. The van der Waals surface area contributed by atoms with Gasteiger partial charge in [-0.1, -0.05) is 36.4 Å². The second kappa shape index (κ2) is 9.67. The molecule has 2 aliphatic heterocycles. The number of carbonyl (C=O) groups is 2. The number of hydrogen-bond acceptors (Lipinski definition) is 7. The molecule has 0 unspecified atom stereocenters. The summed E-state index contributed by atoms with van der Waals surface area (Å²) < 4.78 is 1.67. The number of aromatic amines is 1. The van der Waals surface area contributed by atoms with Crippen LogP contribution in [0.5, 0.6) is 0 Å². The zero-order valence-corrected chi connectivity index (χ0v) is 21.9. The van der Waals surface area contributed by atoms with E-state index in [9.17, 15) is 9.59 Å². The fourth-order valence-corrected chi connectivity index (χ4v) is 6.18. The van der Waals surface area contributed by atoms with Gasteiger partial charge < -0.3 is 10.2 Å². The van der Waals surface area contributed by atoms with Crippen molar-refractivity contribution in [2.75, 3.05) is 5.32 Å². The second-order valence-corrected chi connectivity index (χ2v) is 10.4. The zero-order chi connectivity index (χ0) is 27.2. The predicted octanol–water partition coefficient (Wildman–Crippen LogP) is 4.09. The van der Waals surface area contributed by atoms with Crippen LogP contribution in [0, 0.1) is 0 Å². The number of aromatic nitrogens is 7. The van der Waals surface area contributed by atoms with Crippen LogP contribution in [0.25, 0.3) is 28.0 Å². The van der Waals surface area contributed by atoms with E-state index in [2.05, 4.69) is 30.6 Å². The number of carbonyl (C=O) groups excluding carboxylic acids is 2. The summed E-state index contributed by atoms with van der Waals surface area (Å²) in [6.45, 7) is 1.48. The lowest BCUT2D eigenvalue weighted by molar-refractivity contribution is -0.114. The highest BCUT2D eigenvalue weighted by atomic mass is 16.2. The summed E-state index contributed by atoms with van der Waals surface area (Å²) in [6, 6.07) is 16.2. The van der Waals surface area contributed by atoms with Crippen LogP contribution in [0.4, 0.5) is 5.82 Å². The molecule has 40 heavy (non-hydrogen) atoms. The Balaban J connectivity index is 1.23. The minimum atomic E-state index is -0.183. The molecule has 2 aliphatic rings. The molecule has 0 radical (unpaired) electrons. The van der Waals surface area contributed by atoms with Gasteiger partial charge in [-0.15, -0.1) is 0 Å². The highest BCUT2D eigenvalue weighted by Crippen LogP contribution is 2.44. The number of hydrogen-bond donors (Lipinski definition) is 2. The third-order valence-electron chi connectivity index (χ3n) is 7.94. The number of fused-ring (bicyclic) bond motifs is 3. The molecule has 11 heteroatoms. The Morgan fingerprint density at radius 2 is 1.77 bits per heavy atom. The fraction of sp³-hybridized carbons (Fsp3) is 0.276. The maximum atomic E-state index is 13.1. The highest BCUT2D eigenvalue weighted by Gasteiger charge is 2.45. The SMILES string of the molecule is CC(=O)Nc1cc(C2C[C@H]3CC[C@H](C2)N3C(=O)c2ncn[nH]2)nc2c(-c3ccc(-c4ccccc4)nc3)cnn12. The topological polar surface area (TPSA) is 134 Å². The molecule has 2 amide bonds.